The predicted octanol–water partition coefficient (Wildman–Crippen LogP) is 1.94. The van der Waals surface area contributed by atoms with E-state index in [-0.39, 0.29) is 5.97 Å². The van der Waals surface area contributed by atoms with Gasteiger partial charge in [-0.1, -0.05) is 25.1 Å². The normalized spacial score (nSPS) is 16.9. The van der Waals surface area contributed by atoms with Crippen LogP contribution in [0.3, 0.4) is 0 Å². The lowest BCUT2D eigenvalue weighted by Crippen LogP contribution is -2.18. The topological polar surface area (TPSA) is 26.3 Å². The van der Waals surface area contributed by atoms with Crippen LogP contribution in [0.25, 0.3) is 0 Å². The molecule has 1 aromatic carbocycles. The van der Waals surface area contributed by atoms with Gasteiger partial charge in [0.25, 0.3) is 0 Å². The molecule has 2 nitrogen and oxygen atoms in total. The molecule has 0 fully saturated rings. The highest BCUT2D eigenvalue weighted by Crippen LogP contribution is 2.32. The fourth-order valence-electron chi connectivity index (χ4n) is 1.38. The molecular formula is C10H9O2. The third-order valence-electron chi connectivity index (χ3n) is 1.98. The lowest BCUT2D eigenvalue weighted by Gasteiger charge is -2.20. The highest BCUT2D eigenvalue weighted by molar-refractivity contribution is 5.79. The van der Waals surface area contributed by atoms with Gasteiger partial charge < -0.3 is 4.74 Å². The maximum absolute atomic E-state index is 11.0. The number of hydrogen-bond acceptors (Lipinski definition) is 2. The molecule has 1 aliphatic rings. The summed E-state index contributed by atoms with van der Waals surface area (Å²) >= 11 is 0. The molecule has 0 N–H and O–H groups in total. The average molecular weight is 161 g/mol. The average Bonchev–Trinajstić information content (AvgIpc) is 2.04. The summed E-state index contributed by atoms with van der Waals surface area (Å²) in [5.74, 6) is 1.61. The Morgan fingerprint density at radius 2 is 2.08 bits per heavy atom. The number of hydrogen-bond donors (Lipinski definition) is 0. The maximum atomic E-state index is 11.0. The van der Waals surface area contributed by atoms with Crippen molar-refractivity contribution >= 4 is 5.97 Å². The molecule has 1 radical (unpaired) electrons. The minimum absolute atomic E-state index is 0.161. The summed E-state index contributed by atoms with van der Waals surface area (Å²) in [6.07, 6.45) is 0.414. The number of rotatable bonds is 0. The van der Waals surface area contributed by atoms with Crippen LogP contribution in [0.2, 0.25) is 0 Å². The molecule has 0 aromatic heterocycles. The van der Waals surface area contributed by atoms with Crippen LogP contribution in [0.4, 0.5) is 0 Å². The number of esters is 1. The Morgan fingerprint density at radius 1 is 1.33 bits per heavy atom. The van der Waals surface area contributed by atoms with Gasteiger partial charge >= 0.3 is 5.97 Å². The van der Waals surface area contributed by atoms with Gasteiger partial charge in [0.1, 0.15) is 5.75 Å². The van der Waals surface area contributed by atoms with E-state index in [2.05, 4.69) is 0 Å². The van der Waals surface area contributed by atoms with Crippen molar-refractivity contribution in [2.75, 3.05) is 0 Å². The van der Waals surface area contributed by atoms with Gasteiger partial charge in [0.05, 0.1) is 6.42 Å². The molecule has 0 saturated heterocycles. The van der Waals surface area contributed by atoms with Gasteiger partial charge in [-0.05, 0) is 6.07 Å². The standard InChI is InChI=1S/C10H9O2/c1-7-6-10(11)12-9-5-3-2-4-8(7)9/h2-5H,6H2,1H3. The Balaban J connectivity index is 2.47. The third-order valence-corrected chi connectivity index (χ3v) is 1.98. The molecule has 1 heterocycles. The first-order valence-electron chi connectivity index (χ1n) is 3.90. The molecule has 0 aliphatic carbocycles. The van der Waals surface area contributed by atoms with E-state index in [0.717, 1.165) is 11.5 Å². The highest BCUT2D eigenvalue weighted by atomic mass is 16.5. The first kappa shape index (κ1) is 7.35. The first-order chi connectivity index (χ1) is 5.77. The Bertz CT molecular complexity index is 317. The van der Waals surface area contributed by atoms with Crippen LogP contribution >= 0.6 is 0 Å². The van der Waals surface area contributed by atoms with Gasteiger partial charge in [-0.15, -0.1) is 0 Å². The van der Waals surface area contributed by atoms with Crippen molar-refractivity contribution in [3.05, 3.63) is 35.7 Å². The van der Waals surface area contributed by atoms with Gasteiger partial charge in [0.2, 0.25) is 0 Å². The van der Waals surface area contributed by atoms with Crippen molar-refractivity contribution in [3.63, 3.8) is 0 Å². The summed E-state index contributed by atoms with van der Waals surface area (Å²) in [5, 5.41) is 0. The zero-order valence-electron chi connectivity index (χ0n) is 6.83. The Labute approximate surface area is 71.2 Å². The second-order valence-corrected chi connectivity index (χ2v) is 2.93. The summed E-state index contributed by atoms with van der Waals surface area (Å²) in [4.78, 5) is 11.0. The van der Waals surface area contributed by atoms with E-state index in [1.165, 1.54) is 0 Å². The van der Waals surface area contributed by atoms with Crippen molar-refractivity contribution in [3.8, 4) is 5.75 Å². The Morgan fingerprint density at radius 3 is 2.92 bits per heavy atom. The molecule has 2 rings (SSSR count). The highest BCUT2D eigenvalue weighted by Gasteiger charge is 2.23. The molecule has 0 amide bonds. The summed E-state index contributed by atoms with van der Waals surface area (Å²) in [7, 11) is 0. The van der Waals surface area contributed by atoms with Crippen molar-refractivity contribution in [2.24, 2.45) is 0 Å². The van der Waals surface area contributed by atoms with Crippen LogP contribution in [0, 0.1) is 5.92 Å². The Hall–Kier alpha value is -1.31. The summed E-state index contributed by atoms with van der Waals surface area (Å²) in [5.41, 5.74) is 1.05. The molecular weight excluding hydrogens is 152 g/mol. The lowest BCUT2D eigenvalue weighted by atomic mass is 9.95. The van der Waals surface area contributed by atoms with E-state index in [1.807, 2.05) is 31.2 Å². The van der Waals surface area contributed by atoms with Gasteiger partial charge in [-0.3, -0.25) is 4.79 Å². The fraction of sp³-hybridized carbons (Fsp3) is 0.200. The molecule has 0 saturated carbocycles. The molecule has 0 spiro atoms. The smallest absolute Gasteiger partial charge is 0.312 e. The quantitative estimate of drug-likeness (QED) is 0.429. The van der Waals surface area contributed by atoms with Crippen molar-refractivity contribution in [1.29, 1.82) is 0 Å². The SMILES string of the molecule is C[C]1CC(=O)Oc2ccccc21. The van der Waals surface area contributed by atoms with Crippen LogP contribution in [0.15, 0.2) is 24.3 Å². The molecule has 0 atom stereocenters. The molecule has 12 heavy (non-hydrogen) atoms. The first-order valence-corrected chi connectivity index (χ1v) is 3.90. The van der Waals surface area contributed by atoms with E-state index in [4.69, 9.17) is 4.74 Å². The molecule has 1 aromatic rings. The molecule has 0 unspecified atom stereocenters. The number of benzene rings is 1. The Kier molecular flexibility index (Phi) is 1.61. The zero-order chi connectivity index (χ0) is 8.55. The molecule has 61 valence electrons. The van der Waals surface area contributed by atoms with Gasteiger partial charge in [0.15, 0.2) is 0 Å². The molecule has 1 aliphatic heterocycles. The van der Waals surface area contributed by atoms with Crippen LogP contribution in [0.5, 0.6) is 5.75 Å². The van der Waals surface area contributed by atoms with Crippen molar-refractivity contribution in [1.82, 2.24) is 0 Å². The van der Waals surface area contributed by atoms with E-state index in [1.54, 1.807) is 0 Å². The van der Waals surface area contributed by atoms with Gasteiger partial charge in [-0.2, -0.15) is 0 Å². The number of carbonyl (C=O) groups excluding carboxylic acids is 1. The number of ether oxygens (including phenoxy) is 1. The van der Waals surface area contributed by atoms with Gasteiger partial charge in [-0.25, -0.2) is 0 Å². The second-order valence-electron chi connectivity index (χ2n) is 2.93. The van der Waals surface area contributed by atoms with Gasteiger partial charge in [0, 0.05) is 11.5 Å². The second kappa shape index (κ2) is 2.63. The minimum atomic E-state index is -0.161. The number of fused-ring (bicyclic) bond motifs is 1. The van der Waals surface area contributed by atoms with E-state index in [0.29, 0.717) is 12.2 Å². The third kappa shape index (κ3) is 1.09. The molecule has 2 heteroatoms. The summed E-state index contributed by atoms with van der Waals surface area (Å²) < 4.78 is 5.04. The minimum Gasteiger partial charge on any atom is -0.426 e. The number of carbonyl (C=O) groups is 1. The van der Waals surface area contributed by atoms with E-state index < -0.39 is 0 Å². The van der Waals surface area contributed by atoms with Crippen LogP contribution < -0.4 is 4.74 Å². The fourth-order valence-corrected chi connectivity index (χ4v) is 1.38. The lowest BCUT2D eigenvalue weighted by molar-refractivity contribution is -0.134. The largest absolute Gasteiger partial charge is 0.426 e. The summed E-state index contributed by atoms with van der Waals surface area (Å²) in [6, 6.07) is 7.60. The summed E-state index contributed by atoms with van der Waals surface area (Å²) in [6.45, 7) is 1.96. The predicted molar refractivity (Wildman–Crippen MR) is 44.7 cm³/mol. The van der Waals surface area contributed by atoms with E-state index >= 15 is 0 Å². The van der Waals surface area contributed by atoms with Crippen LogP contribution in [0.1, 0.15) is 18.9 Å². The van der Waals surface area contributed by atoms with E-state index in [9.17, 15) is 4.79 Å². The zero-order valence-corrected chi connectivity index (χ0v) is 6.83. The monoisotopic (exact) mass is 161 g/mol. The maximum Gasteiger partial charge on any atom is 0.312 e. The van der Waals surface area contributed by atoms with Crippen molar-refractivity contribution in [2.45, 2.75) is 13.3 Å². The van der Waals surface area contributed by atoms with Crippen molar-refractivity contribution < 1.29 is 9.53 Å². The molecule has 0 bridgehead atoms. The van der Waals surface area contributed by atoms with Crippen LogP contribution in [-0.4, -0.2) is 5.97 Å². The number of para-hydroxylation sites is 1. The van der Waals surface area contributed by atoms with Crippen LogP contribution in [-0.2, 0) is 4.79 Å².